The number of aromatic amines is 1. The first-order valence-electron chi connectivity index (χ1n) is 11.4. The van der Waals surface area contributed by atoms with Gasteiger partial charge in [0.05, 0.1) is 21.7 Å². The molecule has 0 unspecified atom stereocenters. The molecule has 0 atom stereocenters. The molecule has 0 aliphatic heterocycles. The van der Waals surface area contributed by atoms with Gasteiger partial charge in [-0.1, -0.05) is 13.0 Å². The fraction of sp³-hybridized carbons (Fsp3) is 0.115. The van der Waals surface area contributed by atoms with Crippen molar-refractivity contribution in [3.8, 4) is 40.4 Å². The summed E-state index contributed by atoms with van der Waals surface area (Å²) in [6, 6.07) is 17.4. The lowest BCUT2D eigenvalue weighted by molar-refractivity contribution is -0.0541. The quantitative estimate of drug-likeness (QED) is 0.243. The van der Waals surface area contributed by atoms with Crippen LogP contribution in [-0.4, -0.2) is 40.7 Å². The Morgan fingerprint density at radius 2 is 1.66 bits per heavy atom. The van der Waals surface area contributed by atoms with E-state index in [0.29, 0.717) is 28.3 Å². The predicted octanol–water partition coefficient (Wildman–Crippen LogP) is 6.00. The summed E-state index contributed by atoms with van der Waals surface area (Å²) in [5, 5.41) is 0. The van der Waals surface area contributed by atoms with E-state index in [1.807, 2.05) is 6.07 Å². The Morgan fingerprint density at radius 1 is 0.895 bits per heavy atom. The maximum Gasteiger partial charge on any atom is 0.388 e. The number of halogens is 2. The van der Waals surface area contributed by atoms with Crippen LogP contribution in [0.1, 0.15) is 6.92 Å². The highest BCUT2D eigenvalue weighted by molar-refractivity contribution is 7.91. The number of rotatable bonds is 9. The van der Waals surface area contributed by atoms with Crippen LogP contribution in [-0.2, 0) is 9.84 Å². The van der Waals surface area contributed by atoms with Gasteiger partial charge in [0.1, 0.15) is 11.4 Å². The van der Waals surface area contributed by atoms with E-state index in [-0.39, 0.29) is 27.9 Å². The van der Waals surface area contributed by atoms with Crippen LogP contribution in [0.25, 0.3) is 22.6 Å². The summed E-state index contributed by atoms with van der Waals surface area (Å²) in [6.07, 6.45) is 2.94. The lowest BCUT2D eigenvalue weighted by Crippen LogP contribution is -2.05. The Morgan fingerprint density at radius 3 is 2.37 bits per heavy atom. The number of nitrogens with one attached hydrogen (secondary N) is 1. The Bertz CT molecular complexity index is 1680. The molecule has 1 N–H and O–H groups in total. The summed E-state index contributed by atoms with van der Waals surface area (Å²) >= 11 is 0. The number of H-pyrrole nitrogens is 1. The van der Waals surface area contributed by atoms with Crippen LogP contribution in [0.5, 0.6) is 28.9 Å². The molecule has 0 aliphatic rings. The third kappa shape index (κ3) is 5.39. The molecule has 5 aromatic rings. The van der Waals surface area contributed by atoms with Gasteiger partial charge in [-0.2, -0.15) is 8.78 Å². The molecule has 3 aromatic heterocycles. The summed E-state index contributed by atoms with van der Waals surface area (Å²) in [5.41, 5.74) is 1.70. The normalized spacial score (nSPS) is 11.6. The first kappa shape index (κ1) is 25.1. The van der Waals surface area contributed by atoms with Gasteiger partial charge >= 0.3 is 6.61 Å². The van der Waals surface area contributed by atoms with Gasteiger partial charge in [-0.15, -0.1) is 0 Å². The Kier molecular flexibility index (Phi) is 6.88. The van der Waals surface area contributed by atoms with Crippen LogP contribution in [0, 0.1) is 0 Å². The number of imidazole rings is 1. The van der Waals surface area contributed by atoms with Crippen LogP contribution in [0.4, 0.5) is 8.78 Å². The monoisotopic (exact) mass is 538 g/mol. The van der Waals surface area contributed by atoms with Crippen molar-refractivity contribution in [2.24, 2.45) is 0 Å². The molecule has 12 heteroatoms. The molecule has 0 bridgehead atoms. The molecule has 2 aromatic carbocycles. The minimum absolute atomic E-state index is 0.0333. The molecule has 9 nitrogen and oxygen atoms in total. The average molecular weight is 539 g/mol. The van der Waals surface area contributed by atoms with Gasteiger partial charge in [-0.3, -0.25) is 4.98 Å². The van der Waals surface area contributed by atoms with Crippen LogP contribution >= 0.6 is 0 Å². The lowest BCUT2D eigenvalue weighted by atomic mass is 10.2. The number of sulfone groups is 1. The predicted molar refractivity (Wildman–Crippen MR) is 135 cm³/mol. The van der Waals surface area contributed by atoms with Gasteiger partial charge in [0.25, 0.3) is 5.88 Å². The molecule has 38 heavy (non-hydrogen) atoms. The molecule has 0 radical (unpaired) electrons. The van der Waals surface area contributed by atoms with Gasteiger partial charge in [-0.25, -0.2) is 18.4 Å². The zero-order chi connectivity index (χ0) is 26.7. The van der Waals surface area contributed by atoms with Gasteiger partial charge in [0.2, 0.25) is 0 Å². The van der Waals surface area contributed by atoms with Gasteiger partial charge in [0, 0.05) is 24.5 Å². The number of benzene rings is 2. The maximum atomic E-state index is 12.9. The highest BCUT2D eigenvalue weighted by Crippen LogP contribution is 2.40. The molecular weight excluding hydrogens is 518 g/mol. The minimum atomic E-state index is -3.39. The van der Waals surface area contributed by atoms with Crippen molar-refractivity contribution >= 4 is 20.9 Å². The number of alkyl halides is 2. The van der Waals surface area contributed by atoms with Crippen molar-refractivity contribution in [3.63, 3.8) is 0 Å². The van der Waals surface area contributed by atoms with Crippen molar-refractivity contribution in [1.82, 2.24) is 19.9 Å². The van der Waals surface area contributed by atoms with E-state index in [1.165, 1.54) is 42.6 Å². The van der Waals surface area contributed by atoms with Gasteiger partial charge in [-0.05, 0) is 48.5 Å². The molecule has 5 rings (SSSR count). The lowest BCUT2D eigenvalue weighted by Gasteiger charge is -2.14. The first-order chi connectivity index (χ1) is 18.3. The molecule has 0 fully saturated rings. The summed E-state index contributed by atoms with van der Waals surface area (Å²) in [6.45, 7) is -1.54. The third-order valence-electron chi connectivity index (χ3n) is 5.40. The number of pyridine rings is 2. The molecule has 0 saturated heterocycles. The van der Waals surface area contributed by atoms with E-state index < -0.39 is 22.3 Å². The summed E-state index contributed by atoms with van der Waals surface area (Å²) in [7, 11) is -3.39. The highest BCUT2D eigenvalue weighted by atomic mass is 32.2. The molecule has 194 valence electrons. The Hall–Kier alpha value is -4.58. The van der Waals surface area contributed by atoms with Crippen molar-refractivity contribution in [3.05, 3.63) is 79.1 Å². The number of fused-ring (bicyclic) bond motifs is 1. The molecule has 0 spiro atoms. The van der Waals surface area contributed by atoms with E-state index in [9.17, 15) is 17.2 Å². The number of ether oxygens (including phenoxy) is 3. The van der Waals surface area contributed by atoms with Crippen molar-refractivity contribution < 1.29 is 31.4 Å². The zero-order valence-electron chi connectivity index (χ0n) is 19.8. The number of aromatic nitrogens is 4. The van der Waals surface area contributed by atoms with Gasteiger partial charge < -0.3 is 19.2 Å². The summed E-state index contributed by atoms with van der Waals surface area (Å²) in [4.78, 5) is 16.0. The van der Waals surface area contributed by atoms with Crippen LogP contribution < -0.4 is 14.2 Å². The minimum Gasteiger partial charge on any atom is -0.453 e. The maximum absolute atomic E-state index is 12.9. The standard InChI is InChI=1S/C26H20F2N4O5S/c1-2-38(33,34)17-10-8-16(9-11-17)35-22-14-19-20(32-24(31-19)18-6-3-4-12-29-18)15-23(22)36-21-7-5-13-30-25(21)37-26(27)28/h3-15,26H,2H2,1H3,(H,31,32). The van der Waals surface area contributed by atoms with Crippen LogP contribution in [0.3, 0.4) is 0 Å². The molecule has 0 saturated carbocycles. The van der Waals surface area contributed by atoms with Crippen LogP contribution in [0.15, 0.2) is 84.0 Å². The van der Waals surface area contributed by atoms with Gasteiger partial charge in [0.15, 0.2) is 32.9 Å². The topological polar surface area (TPSA) is 116 Å². The highest BCUT2D eigenvalue weighted by Gasteiger charge is 2.19. The Balaban J connectivity index is 1.56. The third-order valence-corrected chi connectivity index (χ3v) is 7.15. The van der Waals surface area contributed by atoms with Crippen molar-refractivity contribution in [2.75, 3.05) is 5.75 Å². The van der Waals surface area contributed by atoms with Crippen molar-refractivity contribution in [1.29, 1.82) is 0 Å². The van der Waals surface area contributed by atoms with E-state index in [0.717, 1.165) is 0 Å². The number of hydrogen-bond donors (Lipinski definition) is 1. The molecule has 0 amide bonds. The largest absolute Gasteiger partial charge is 0.453 e. The fourth-order valence-electron chi connectivity index (χ4n) is 3.56. The fourth-order valence-corrected chi connectivity index (χ4v) is 4.44. The second kappa shape index (κ2) is 10.4. The number of hydrogen-bond acceptors (Lipinski definition) is 8. The summed E-state index contributed by atoms with van der Waals surface area (Å²) in [5.74, 6) is 0.653. The second-order valence-electron chi connectivity index (χ2n) is 7.88. The zero-order valence-corrected chi connectivity index (χ0v) is 20.7. The molecule has 3 heterocycles. The smallest absolute Gasteiger partial charge is 0.388 e. The van der Waals surface area contributed by atoms with Crippen molar-refractivity contribution in [2.45, 2.75) is 18.4 Å². The van der Waals surface area contributed by atoms with E-state index >= 15 is 0 Å². The molecule has 0 aliphatic carbocycles. The SMILES string of the molecule is CCS(=O)(=O)c1ccc(Oc2cc3[nH]c(-c4ccccn4)nc3cc2Oc2cccnc2OC(F)F)cc1. The van der Waals surface area contributed by atoms with Crippen LogP contribution in [0.2, 0.25) is 0 Å². The summed E-state index contributed by atoms with van der Waals surface area (Å²) < 4.78 is 66.6. The average Bonchev–Trinajstić information content (AvgIpc) is 3.33. The first-order valence-corrected chi connectivity index (χ1v) is 13.0. The van der Waals surface area contributed by atoms with E-state index in [1.54, 1.807) is 37.4 Å². The van der Waals surface area contributed by atoms with E-state index in [2.05, 4.69) is 24.7 Å². The Labute approximate surface area is 216 Å². The number of nitrogens with zero attached hydrogens (tertiary/aromatic N) is 3. The second-order valence-corrected chi connectivity index (χ2v) is 10.2. The molecular formula is C26H20F2N4O5S. The van der Waals surface area contributed by atoms with E-state index in [4.69, 9.17) is 9.47 Å².